The second-order valence-electron chi connectivity index (χ2n) is 6.15. The average Bonchev–Trinajstić information content (AvgIpc) is 3.13. The standard InChI is InChI=1S/C15H23N3OS/c1-3-12-9-18(8-10(2)17-12)15(19)13-7-16-14(20-13)6-11-4-5-11/h7,10-12,17H,3-6,8-9H2,1-2H3/t10-,12+/m0/s1. The number of rotatable bonds is 4. The highest BCUT2D eigenvalue weighted by Gasteiger charge is 2.28. The summed E-state index contributed by atoms with van der Waals surface area (Å²) in [7, 11) is 0. The molecule has 1 amide bonds. The van der Waals surface area contributed by atoms with Crippen LogP contribution in [0.1, 0.15) is 47.8 Å². The first-order chi connectivity index (χ1) is 9.65. The van der Waals surface area contributed by atoms with E-state index in [-0.39, 0.29) is 5.91 Å². The quantitative estimate of drug-likeness (QED) is 0.926. The van der Waals surface area contributed by atoms with Crippen molar-refractivity contribution >= 4 is 17.2 Å². The molecule has 1 saturated heterocycles. The van der Waals surface area contributed by atoms with E-state index in [9.17, 15) is 4.79 Å². The van der Waals surface area contributed by atoms with Crippen molar-refractivity contribution in [3.05, 3.63) is 16.1 Å². The highest BCUT2D eigenvalue weighted by Crippen LogP contribution is 2.33. The van der Waals surface area contributed by atoms with Gasteiger partial charge in [0.1, 0.15) is 4.88 Å². The summed E-state index contributed by atoms with van der Waals surface area (Å²) in [5.41, 5.74) is 0. The number of carbonyl (C=O) groups is 1. The summed E-state index contributed by atoms with van der Waals surface area (Å²) >= 11 is 1.59. The summed E-state index contributed by atoms with van der Waals surface area (Å²) in [5, 5.41) is 4.67. The number of nitrogens with zero attached hydrogens (tertiary/aromatic N) is 2. The van der Waals surface area contributed by atoms with Crippen LogP contribution in [0, 0.1) is 5.92 Å². The molecule has 0 bridgehead atoms. The molecule has 20 heavy (non-hydrogen) atoms. The largest absolute Gasteiger partial charge is 0.335 e. The predicted molar refractivity (Wildman–Crippen MR) is 81.1 cm³/mol. The molecule has 1 saturated carbocycles. The van der Waals surface area contributed by atoms with Crippen molar-refractivity contribution in [3.8, 4) is 0 Å². The first-order valence-electron chi connectivity index (χ1n) is 7.65. The number of amides is 1. The predicted octanol–water partition coefficient (Wildman–Crippen LogP) is 2.31. The number of aromatic nitrogens is 1. The van der Waals surface area contributed by atoms with Crippen molar-refractivity contribution in [2.45, 2.75) is 51.6 Å². The van der Waals surface area contributed by atoms with Crippen molar-refractivity contribution in [1.29, 1.82) is 0 Å². The van der Waals surface area contributed by atoms with E-state index in [1.165, 1.54) is 12.8 Å². The number of hydrogen-bond acceptors (Lipinski definition) is 4. The normalized spacial score (nSPS) is 26.8. The van der Waals surface area contributed by atoms with Crippen LogP contribution in [-0.2, 0) is 6.42 Å². The monoisotopic (exact) mass is 293 g/mol. The molecule has 1 aromatic heterocycles. The summed E-state index contributed by atoms with van der Waals surface area (Å²) in [6.07, 6.45) is 6.56. The van der Waals surface area contributed by atoms with Gasteiger partial charge in [-0.25, -0.2) is 4.98 Å². The van der Waals surface area contributed by atoms with Crippen LogP contribution in [0.2, 0.25) is 0 Å². The number of carbonyl (C=O) groups excluding carboxylic acids is 1. The molecule has 0 spiro atoms. The van der Waals surface area contributed by atoms with Gasteiger partial charge in [-0.05, 0) is 32.1 Å². The lowest BCUT2D eigenvalue weighted by atomic mass is 10.1. The minimum Gasteiger partial charge on any atom is -0.335 e. The Morgan fingerprint density at radius 2 is 2.30 bits per heavy atom. The molecule has 0 aromatic carbocycles. The van der Waals surface area contributed by atoms with Gasteiger partial charge in [0, 0.05) is 31.6 Å². The minimum absolute atomic E-state index is 0.163. The molecule has 1 N–H and O–H groups in total. The van der Waals surface area contributed by atoms with E-state index in [2.05, 4.69) is 24.1 Å². The molecule has 1 aromatic rings. The van der Waals surface area contributed by atoms with Crippen molar-refractivity contribution in [1.82, 2.24) is 15.2 Å². The summed E-state index contributed by atoms with van der Waals surface area (Å²) in [5.74, 6) is 0.990. The summed E-state index contributed by atoms with van der Waals surface area (Å²) in [6.45, 7) is 5.92. The van der Waals surface area contributed by atoms with E-state index < -0.39 is 0 Å². The fourth-order valence-electron chi connectivity index (χ4n) is 2.82. The first kappa shape index (κ1) is 14.0. The molecule has 1 aliphatic carbocycles. The zero-order valence-electron chi connectivity index (χ0n) is 12.3. The van der Waals surface area contributed by atoms with Gasteiger partial charge in [0.05, 0.1) is 11.2 Å². The zero-order valence-corrected chi connectivity index (χ0v) is 13.1. The molecule has 4 nitrogen and oxygen atoms in total. The van der Waals surface area contributed by atoms with Gasteiger partial charge >= 0.3 is 0 Å². The molecule has 2 fully saturated rings. The SMILES string of the molecule is CC[C@@H]1CN(C(=O)c2cnc(CC3CC3)s2)C[C@H](C)N1. The third kappa shape index (κ3) is 3.20. The second kappa shape index (κ2) is 5.82. The Balaban J connectivity index is 1.65. The first-order valence-corrected chi connectivity index (χ1v) is 8.47. The highest BCUT2D eigenvalue weighted by atomic mass is 32.1. The fourth-order valence-corrected chi connectivity index (χ4v) is 3.82. The van der Waals surface area contributed by atoms with Gasteiger partial charge in [-0.15, -0.1) is 11.3 Å². The van der Waals surface area contributed by atoms with Crippen LogP contribution in [-0.4, -0.2) is 41.0 Å². The molecule has 2 heterocycles. The van der Waals surface area contributed by atoms with Crippen molar-refractivity contribution in [2.24, 2.45) is 5.92 Å². The molecule has 0 unspecified atom stereocenters. The maximum atomic E-state index is 12.6. The molecule has 0 radical (unpaired) electrons. The maximum Gasteiger partial charge on any atom is 0.265 e. The Morgan fingerprint density at radius 1 is 1.50 bits per heavy atom. The van der Waals surface area contributed by atoms with E-state index in [0.29, 0.717) is 12.1 Å². The lowest BCUT2D eigenvalue weighted by Crippen LogP contribution is -2.56. The van der Waals surface area contributed by atoms with Gasteiger partial charge < -0.3 is 10.2 Å². The molecular formula is C15H23N3OS. The van der Waals surface area contributed by atoms with E-state index in [4.69, 9.17) is 0 Å². The van der Waals surface area contributed by atoms with Gasteiger partial charge in [0.15, 0.2) is 0 Å². The lowest BCUT2D eigenvalue weighted by Gasteiger charge is -2.37. The Bertz CT molecular complexity index is 483. The molecule has 2 atom stereocenters. The zero-order chi connectivity index (χ0) is 14.1. The average molecular weight is 293 g/mol. The van der Waals surface area contributed by atoms with Gasteiger partial charge in [0.25, 0.3) is 5.91 Å². The maximum absolute atomic E-state index is 12.6. The topological polar surface area (TPSA) is 45.2 Å². The van der Waals surface area contributed by atoms with Crippen molar-refractivity contribution in [3.63, 3.8) is 0 Å². The van der Waals surface area contributed by atoms with Crippen LogP contribution in [0.15, 0.2) is 6.20 Å². The summed E-state index contributed by atoms with van der Waals surface area (Å²) in [4.78, 5) is 19.8. The third-order valence-electron chi connectivity index (χ3n) is 4.16. The van der Waals surface area contributed by atoms with Gasteiger partial charge in [-0.2, -0.15) is 0 Å². The molecule has 1 aliphatic heterocycles. The van der Waals surface area contributed by atoms with Crippen LogP contribution < -0.4 is 5.32 Å². The van der Waals surface area contributed by atoms with E-state index >= 15 is 0 Å². The van der Waals surface area contributed by atoms with Crippen LogP contribution in [0.3, 0.4) is 0 Å². The molecule has 2 aliphatic rings. The lowest BCUT2D eigenvalue weighted by molar-refractivity contribution is 0.0668. The Labute approximate surface area is 124 Å². The fraction of sp³-hybridized carbons (Fsp3) is 0.733. The Hall–Kier alpha value is -0.940. The van der Waals surface area contributed by atoms with Crippen LogP contribution in [0.25, 0.3) is 0 Å². The van der Waals surface area contributed by atoms with E-state index in [0.717, 1.165) is 41.7 Å². The summed E-state index contributed by atoms with van der Waals surface area (Å²) in [6, 6.07) is 0.790. The minimum atomic E-state index is 0.163. The van der Waals surface area contributed by atoms with Crippen LogP contribution in [0.5, 0.6) is 0 Å². The Morgan fingerprint density at radius 3 is 3.00 bits per heavy atom. The number of piperazine rings is 1. The molecule has 3 rings (SSSR count). The van der Waals surface area contributed by atoms with Crippen LogP contribution in [0.4, 0.5) is 0 Å². The number of nitrogens with one attached hydrogen (secondary N) is 1. The molecule has 5 heteroatoms. The number of hydrogen-bond donors (Lipinski definition) is 1. The van der Waals surface area contributed by atoms with Crippen molar-refractivity contribution < 1.29 is 4.79 Å². The Kier molecular flexibility index (Phi) is 4.08. The smallest absolute Gasteiger partial charge is 0.265 e. The number of thiazole rings is 1. The van der Waals surface area contributed by atoms with Gasteiger partial charge in [0.2, 0.25) is 0 Å². The molecule has 110 valence electrons. The summed E-state index contributed by atoms with van der Waals surface area (Å²) < 4.78 is 0. The van der Waals surface area contributed by atoms with Crippen LogP contribution >= 0.6 is 11.3 Å². The van der Waals surface area contributed by atoms with Gasteiger partial charge in [-0.1, -0.05) is 6.92 Å². The highest BCUT2D eigenvalue weighted by molar-refractivity contribution is 7.13. The van der Waals surface area contributed by atoms with Crippen molar-refractivity contribution in [2.75, 3.05) is 13.1 Å². The van der Waals surface area contributed by atoms with Gasteiger partial charge in [-0.3, -0.25) is 4.79 Å². The third-order valence-corrected chi connectivity index (χ3v) is 5.17. The molecular weight excluding hydrogens is 270 g/mol. The second-order valence-corrected chi connectivity index (χ2v) is 7.26. The van der Waals surface area contributed by atoms with E-state index in [1.54, 1.807) is 17.5 Å². The van der Waals surface area contributed by atoms with E-state index in [1.807, 2.05) is 4.90 Å².